The van der Waals surface area contributed by atoms with Crippen LogP contribution in [0.1, 0.15) is 26.7 Å². The van der Waals surface area contributed by atoms with Gasteiger partial charge in [0.05, 0.1) is 13.2 Å². The predicted octanol–water partition coefficient (Wildman–Crippen LogP) is 3.98. The van der Waals surface area contributed by atoms with E-state index < -0.39 is 7.60 Å². The number of alkyl halides is 1. The molecule has 0 fully saturated rings. The van der Waals surface area contributed by atoms with Gasteiger partial charge in [0.15, 0.2) is 0 Å². The first-order valence-electron chi connectivity index (χ1n) is 4.81. The first-order valence-corrected chi connectivity index (χ1v) is 7.94. The Morgan fingerprint density at radius 3 is 2.29 bits per heavy atom. The Balaban J connectivity index is 4.07. The van der Waals surface area contributed by atoms with Crippen LogP contribution in [0.3, 0.4) is 0 Å². The van der Waals surface area contributed by atoms with Gasteiger partial charge in [-0.25, -0.2) is 0 Å². The Bertz CT molecular complexity index is 196. The van der Waals surface area contributed by atoms with Crippen LogP contribution in [0.25, 0.3) is 0 Å². The third kappa shape index (κ3) is 6.98. The molecule has 0 N–H and O–H groups in total. The normalized spacial score (nSPS) is 12.5. The van der Waals surface area contributed by atoms with E-state index in [1.807, 2.05) is 19.9 Å². The molecule has 0 spiro atoms. The molecule has 0 aromatic heterocycles. The molecule has 0 aliphatic rings. The van der Waals surface area contributed by atoms with Crippen molar-refractivity contribution in [1.82, 2.24) is 0 Å². The van der Waals surface area contributed by atoms with Crippen LogP contribution in [0.4, 0.5) is 0 Å². The summed E-state index contributed by atoms with van der Waals surface area (Å²) in [6.45, 7) is 4.44. The standard InChI is InChI=1S/C9H18IO3P/c1-3-12-14(11,13-4-2)9-7-5-6-8-10/h7,9H,3-6,8H2,1-2H3/b9-7+. The maximum Gasteiger partial charge on any atom is 0.353 e. The predicted molar refractivity (Wildman–Crippen MR) is 68.1 cm³/mol. The van der Waals surface area contributed by atoms with Crippen molar-refractivity contribution in [2.75, 3.05) is 17.6 Å². The molecule has 0 aliphatic carbocycles. The van der Waals surface area contributed by atoms with Crippen molar-refractivity contribution in [3.8, 4) is 0 Å². The fourth-order valence-corrected chi connectivity index (χ4v) is 2.70. The zero-order valence-electron chi connectivity index (χ0n) is 8.74. The molecule has 0 radical (unpaired) electrons. The fourth-order valence-electron chi connectivity index (χ4n) is 0.882. The van der Waals surface area contributed by atoms with E-state index in [0.717, 1.165) is 17.3 Å². The van der Waals surface area contributed by atoms with Gasteiger partial charge in [-0.15, -0.1) is 0 Å². The highest BCUT2D eigenvalue weighted by Gasteiger charge is 2.18. The van der Waals surface area contributed by atoms with Gasteiger partial charge in [-0.05, 0) is 31.1 Å². The van der Waals surface area contributed by atoms with Gasteiger partial charge in [-0.1, -0.05) is 28.7 Å². The number of rotatable bonds is 8. The highest BCUT2D eigenvalue weighted by Crippen LogP contribution is 2.49. The molecule has 0 atom stereocenters. The molecular weight excluding hydrogens is 314 g/mol. The number of halogens is 1. The molecule has 0 saturated carbocycles. The maximum absolute atomic E-state index is 11.8. The smallest absolute Gasteiger partial charge is 0.306 e. The van der Waals surface area contributed by atoms with Gasteiger partial charge >= 0.3 is 7.60 Å². The molecule has 0 unspecified atom stereocenters. The van der Waals surface area contributed by atoms with Gasteiger partial charge in [-0.2, -0.15) is 0 Å². The number of unbranched alkanes of at least 4 members (excludes halogenated alkanes) is 1. The molecular formula is C9H18IO3P. The van der Waals surface area contributed by atoms with Crippen molar-refractivity contribution in [1.29, 1.82) is 0 Å². The van der Waals surface area contributed by atoms with Crippen LogP contribution in [0.2, 0.25) is 0 Å². The largest absolute Gasteiger partial charge is 0.353 e. The molecule has 14 heavy (non-hydrogen) atoms. The Hall–Kier alpha value is 0.620. The van der Waals surface area contributed by atoms with Crippen LogP contribution in [0.15, 0.2) is 11.9 Å². The third-order valence-electron chi connectivity index (χ3n) is 1.41. The lowest BCUT2D eigenvalue weighted by Crippen LogP contribution is -1.92. The lowest BCUT2D eigenvalue weighted by Gasteiger charge is -2.12. The molecule has 0 heterocycles. The summed E-state index contributed by atoms with van der Waals surface area (Å²) in [4.78, 5) is 0. The fraction of sp³-hybridized carbons (Fsp3) is 0.778. The lowest BCUT2D eigenvalue weighted by molar-refractivity contribution is 0.229. The van der Waals surface area contributed by atoms with Crippen LogP contribution in [-0.4, -0.2) is 17.6 Å². The summed E-state index contributed by atoms with van der Waals surface area (Å²) in [6, 6.07) is 0. The average molecular weight is 332 g/mol. The first-order chi connectivity index (χ1) is 6.68. The second kappa shape index (κ2) is 8.89. The number of allylic oxidation sites excluding steroid dienone is 1. The van der Waals surface area contributed by atoms with Crippen molar-refractivity contribution in [3.63, 3.8) is 0 Å². The minimum absolute atomic E-state index is 0.411. The van der Waals surface area contributed by atoms with Gasteiger partial charge in [0.2, 0.25) is 0 Å². The average Bonchev–Trinajstić information content (AvgIpc) is 2.13. The summed E-state index contributed by atoms with van der Waals surface area (Å²) in [5.74, 6) is 1.58. The molecule has 3 nitrogen and oxygen atoms in total. The Morgan fingerprint density at radius 1 is 1.29 bits per heavy atom. The third-order valence-corrected chi connectivity index (χ3v) is 3.99. The molecule has 0 aromatic carbocycles. The lowest BCUT2D eigenvalue weighted by atomic mass is 10.3. The number of hydrogen-bond donors (Lipinski definition) is 0. The van der Waals surface area contributed by atoms with Gasteiger partial charge in [0, 0.05) is 5.82 Å². The summed E-state index contributed by atoms with van der Waals surface area (Å²) in [5, 5.41) is 0. The van der Waals surface area contributed by atoms with E-state index in [0.29, 0.717) is 13.2 Å². The monoisotopic (exact) mass is 332 g/mol. The highest BCUT2D eigenvalue weighted by molar-refractivity contribution is 14.1. The van der Waals surface area contributed by atoms with E-state index >= 15 is 0 Å². The van der Waals surface area contributed by atoms with E-state index in [1.165, 1.54) is 0 Å². The van der Waals surface area contributed by atoms with E-state index in [1.54, 1.807) is 5.82 Å². The molecule has 0 aromatic rings. The summed E-state index contributed by atoms with van der Waals surface area (Å²) < 4.78 is 23.1. The van der Waals surface area contributed by atoms with Crippen LogP contribution < -0.4 is 0 Å². The van der Waals surface area contributed by atoms with Crippen molar-refractivity contribution < 1.29 is 13.6 Å². The molecule has 0 saturated heterocycles. The summed E-state index contributed by atoms with van der Waals surface area (Å²) >= 11 is 2.32. The van der Waals surface area contributed by atoms with E-state index in [-0.39, 0.29) is 0 Å². The van der Waals surface area contributed by atoms with Crippen molar-refractivity contribution in [2.24, 2.45) is 0 Å². The van der Waals surface area contributed by atoms with E-state index in [2.05, 4.69) is 22.6 Å². The summed E-state index contributed by atoms with van der Waals surface area (Å²) in [5.41, 5.74) is 0. The van der Waals surface area contributed by atoms with Crippen molar-refractivity contribution in [3.05, 3.63) is 11.9 Å². The van der Waals surface area contributed by atoms with Gasteiger partial charge in [-0.3, -0.25) is 4.57 Å². The minimum atomic E-state index is -2.94. The topological polar surface area (TPSA) is 35.5 Å². The second-order valence-corrected chi connectivity index (χ2v) is 5.56. The van der Waals surface area contributed by atoms with Crippen molar-refractivity contribution >= 4 is 30.2 Å². The number of hydrogen-bond acceptors (Lipinski definition) is 3. The Labute approximate surface area is 99.9 Å². The van der Waals surface area contributed by atoms with Crippen LogP contribution in [-0.2, 0) is 13.6 Å². The molecule has 0 amide bonds. The van der Waals surface area contributed by atoms with E-state index in [4.69, 9.17) is 9.05 Å². The zero-order chi connectivity index (χ0) is 10.9. The molecule has 0 rings (SSSR count). The Morgan fingerprint density at radius 2 is 1.86 bits per heavy atom. The van der Waals surface area contributed by atoms with Crippen molar-refractivity contribution in [2.45, 2.75) is 26.7 Å². The molecule has 84 valence electrons. The zero-order valence-corrected chi connectivity index (χ0v) is 11.8. The quantitative estimate of drug-likeness (QED) is 0.292. The molecule has 5 heteroatoms. The molecule has 0 bridgehead atoms. The van der Waals surface area contributed by atoms with Crippen LogP contribution >= 0.6 is 30.2 Å². The van der Waals surface area contributed by atoms with Crippen LogP contribution in [0, 0.1) is 0 Å². The van der Waals surface area contributed by atoms with Gasteiger partial charge in [0.1, 0.15) is 0 Å². The molecule has 0 aliphatic heterocycles. The van der Waals surface area contributed by atoms with Gasteiger partial charge < -0.3 is 9.05 Å². The second-order valence-electron chi connectivity index (χ2n) is 2.59. The summed E-state index contributed by atoms with van der Waals surface area (Å²) in [6.07, 6.45) is 3.90. The maximum atomic E-state index is 11.8. The van der Waals surface area contributed by atoms with E-state index in [9.17, 15) is 4.57 Å². The minimum Gasteiger partial charge on any atom is -0.306 e. The van der Waals surface area contributed by atoms with Crippen LogP contribution in [0.5, 0.6) is 0 Å². The highest BCUT2D eigenvalue weighted by atomic mass is 127. The first kappa shape index (κ1) is 14.6. The Kier molecular flexibility index (Phi) is 9.28. The summed E-state index contributed by atoms with van der Waals surface area (Å²) in [7, 11) is -2.94. The SMILES string of the molecule is CCOP(=O)(/C=C/CCCI)OCC. The van der Waals surface area contributed by atoms with Gasteiger partial charge in [0.25, 0.3) is 0 Å².